The van der Waals surface area contributed by atoms with Gasteiger partial charge in [-0.1, -0.05) is 17.7 Å². The van der Waals surface area contributed by atoms with Crippen LogP contribution in [-0.4, -0.2) is 30.2 Å². The zero-order valence-corrected chi connectivity index (χ0v) is 21.0. The van der Waals surface area contributed by atoms with Gasteiger partial charge in [-0.3, -0.25) is 19.2 Å². The van der Waals surface area contributed by atoms with Crippen LogP contribution in [0.25, 0.3) is 0 Å². The summed E-state index contributed by atoms with van der Waals surface area (Å²) in [5.41, 5.74) is 2.72. The van der Waals surface area contributed by atoms with Gasteiger partial charge in [0.15, 0.2) is 0 Å². The highest BCUT2D eigenvalue weighted by Gasteiger charge is 2.61. The molecule has 2 heterocycles. The predicted molar refractivity (Wildman–Crippen MR) is 134 cm³/mol. The lowest BCUT2D eigenvalue weighted by Crippen LogP contribution is -2.33. The summed E-state index contributed by atoms with van der Waals surface area (Å²) >= 11 is 6.21. The molecule has 2 aliphatic carbocycles. The fourth-order valence-corrected chi connectivity index (χ4v) is 6.94. The van der Waals surface area contributed by atoms with E-state index in [0.29, 0.717) is 39.5 Å². The smallest absolute Gasteiger partial charge is 0.316 e. The van der Waals surface area contributed by atoms with Crippen LogP contribution in [0.3, 0.4) is 0 Å². The van der Waals surface area contributed by atoms with Gasteiger partial charge < -0.3 is 9.64 Å². The van der Waals surface area contributed by atoms with Crippen molar-refractivity contribution in [2.45, 2.75) is 39.5 Å². The van der Waals surface area contributed by atoms with Crippen molar-refractivity contribution in [2.75, 3.05) is 16.3 Å². The molecule has 2 aromatic carbocycles. The lowest BCUT2D eigenvalue weighted by atomic mass is 9.81. The first-order valence-electron chi connectivity index (χ1n) is 12.5. The highest BCUT2D eigenvalue weighted by atomic mass is 35.5. The average molecular weight is 507 g/mol. The van der Waals surface area contributed by atoms with E-state index >= 15 is 0 Å². The Morgan fingerprint density at radius 1 is 0.972 bits per heavy atom. The lowest BCUT2D eigenvalue weighted by Gasteiger charge is -2.20. The summed E-state index contributed by atoms with van der Waals surface area (Å²) in [6.45, 7) is 3.87. The number of rotatable bonds is 4. The Labute approximate surface area is 214 Å². The van der Waals surface area contributed by atoms with Crippen LogP contribution in [0.1, 0.15) is 36.8 Å². The molecule has 3 amide bonds. The van der Waals surface area contributed by atoms with E-state index in [1.165, 1.54) is 4.90 Å². The van der Waals surface area contributed by atoms with E-state index < -0.39 is 11.9 Å². The third kappa shape index (κ3) is 3.47. The molecule has 0 aromatic heterocycles. The van der Waals surface area contributed by atoms with Crippen LogP contribution < -0.4 is 14.5 Å². The van der Waals surface area contributed by atoms with Gasteiger partial charge in [0, 0.05) is 23.7 Å². The summed E-state index contributed by atoms with van der Waals surface area (Å²) in [6.07, 6.45) is 3.12. The second-order valence-corrected chi connectivity index (χ2v) is 11.0. The summed E-state index contributed by atoms with van der Waals surface area (Å²) < 4.78 is 5.62. The van der Waals surface area contributed by atoms with E-state index in [9.17, 15) is 19.2 Å². The largest absolute Gasteiger partial charge is 0.426 e. The number of anilines is 2. The summed E-state index contributed by atoms with van der Waals surface area (Å²) in [6, 6.07) is 10.3. The molecule has 36 heavy (non-hydrogen) atoms. The Morgan fingerprint density at radius 2 is 1.67 bits per heavy atom. The second-order valence-electron chi connectivity index (χ2n) is 10.6. The third-order valence-electron chi connectivity index (χ3n) is 8.54. The Bertz CT molecular complexity index is 1300. The first-order valence-corrected chi connectivity index (χ1v) is 12.9. The minimum absolute atomic E-state index is 0.0593. The van der Waals surface area contributed by atoms with Crippen LogP contribution in [0.15, 0.2) is 36.4 Å². The van der Waals surface area contributed by atoms with Gasteiger partial charge in [0.25, 0.3) is 0 Å². The molecule has 2 bridgehead atoms. The molecule has 2 aliphatic heterocycles. The molecule has 4 aliphatic rings. The van der Waals surface area contributed by atoms with Gasteiger partial charge in [-0.15, -0.1) is 0 Å². The molecule has 0 N–H and O–H groups in total. The maximum absolute atomic E-state index is 13.2. The maximum atomic E-state index is 13.2. The molecular formula is C28H27ClN2O5. The zero-order valence-electron chi connectivity index (χ0n) is 20.2. The van der Waals surface area contributed by atoms with Gasteiger partial charge in [-0.05, 0) is 86.4 Å². The molecular weight excluding hydrogens is 480 g/mol. The van der Waals surface area contributed by atoms with Crippen molar-refractivity contribution in [1.29, 1.82) is 0 Å². The van der Waals surface area contributed by atoms with E-state index in [1.54, 1.807) is 42.2 Å². The number of nitrogens with zero attached hydrogens (tertiary/aromatic N) is 2. The van der Waals surface area contributed by atoms with E-state index in [-0.39, 0.29) is 42.5 Å². The first-order chi connectivity index (χ1) is 17.2. The SMILES string of the molecule is Cc1cc(OC(=O)[C@@H]2CC(=O)N(c3cccc(Cl)c3C)C2)ccc1N1C(=O)[C@@H]2[C@H]3CC[C@@H](C3)[C@H]2C1=O. The number of fused-ring (bicyclic) bond motifs is 5. The number of carbonyl (C=O) groups is 4. The molecule has 2 saturated heterocycles. The number of aryl methyl sites for hydroxylation is 1. The van der Waals surface area contributed by atoms with Gasteiger partial charge in [0.2, 0.25) is 17.7 Å². The minimum atomic E-state index is -0.604. The van der Waals surface area contributed by atoms with Crippen molar-refractivity contribution < 1.29 is 23.9 Å². The molecule has 6 rings (SSSR count). The van der Waals surface area contributed by atoms with Gasteiger partial charge in [-0.2, -0.15) is 0 Å². The summed E-state index contributed by atoms with van der Waals surface area (Å²) in [7, 11) is 0. The van der Waals surface area contributed by atoms with Gasteiger partial charge >= 0.3 is 5.97 Å². The van der Waals surface area contributed by atoms with Crippen molar-refractivity contribution in [1.82, 2.24) is 0 Å². The topological polar surface area (TPSA) is 84.0 Å². The summed E-state index contributed by atoms with van der Waals surface area (Å²) in [4.78, 5) is 54.8. The van der Waals surface area contributed by atoms with Crippen LogP contribution in [0.2, 0.25) is 5.02 Å². The van der Waals surface area contributed by atoms with Crippen LogP contribution in [-0.2, 0) is 19.2 Å². The standard InChI is InChI=1S/C28H27ClN2O5/c1-14-10-19(8-9-21(14)31-26(33)24-16-6-7-17(11-16)25(24)27(31)34)36-28(35)18-12-23(32)30(13-18)22-5-3-4-20(29)15(22)2/h3-5,8-10,16-18,24-25H,6-7,11-13H2,1-2H3/t16-,17-,18+,24+,25+/m0/s1. The van der Waals surface area contributed by atoms with Crippen molar-refractivity contribution in [3.63, 3.8) is 0 Å². The fourth-order valence-electron chi connectivity index (χ4n) is 6.77. The Morgan fingerprint density at radius 3 is 2.33 bits per heavy atom. The Kier molecular flexibility index (Phi) is 5.45. The number of esters is 1. The van der Waals surface area contributed by atoms with Gasteiger partial charge in [0.1, 0.15) is 5.75 Å². The minimum Gasteiger partial charge on any atom is -0.426 e. The number of amides is 3. The van der Waals surface area contributed by atoms with Crippen LogP contribution in [0, 0.1) is 43.4 Å². The molecule has 0 radical (unpaired) electrons. The molecule has 186 valence electrons. The number of halogens is 1. The van der Waals surface area contributed by atoms with Crippen molar-refractivity contribution in [3.8, 4) is 5.75 Å². The van der Waals surface area contributed by atoms with Crippen LogP contribution >= 0.6 is 11.6 Å². The monoisotopic (exact) mass is 506 g/mol. The highest BCUT2D eigenvalue weighted by molar-refractivity contribution is 6.31. The normalized spacial score (nSPS) is 28.9. The number of ether oxygens (including phenoxy) is 1. The summed E-state index contributed by atoms with van der Waals surface area (Å²) in [5, 5.41) is 0.563. The van der Waals surface area contributed by atoms with Gasteiger partial charge in [0.05, 0.1) is 23.4 Å². The number of carbonyl (C=O) groups excluding carboxylic acids is 4. The third-order valence-corrected chi connectivity index (χ3v) is 8.95. The Hall–Kier alpha value is -3.19. The fraction of sp³-hybridized carbons (Fsp3) is 0.429. The molecule has 2 aromatic rings. The predicted octanol–water partition coefficient (Wildman–Crippen LogP) is 4.45. The Balaban J connectivity index is 1.16. The molecule has 4 fully saturated rings. The molecule has 2 saturated carbocycles. The molecule has 0 unspecified atom stereocenters. The lowest BCUT2D eigenvalue weighted by molar-refractivity contribution is -0.139. The number of benzene rings is 2. The molecule has 5 atom stereocenters. The average Bonchev–Trinajstić information content (AvgIpc) is 3.60. The van der Waals surface area contributed by atoms with Crippen molar-refractivity contribution in [2.24, 2.45) is 29.6 Å². The highest BCUT2D eigenvalue weighted by Crippen LogP contribution is 2.56. The molecule has 8 heteroatoms. The van der Waals surface area contributed by atoms with Crippen molar-refractivity contribution >= 4 is 46.7 Å². The van der Waals surface area contributed by atoms with E-state index in [0.717, 1.165) is 24.8 Å². The van der Waals surface area contributed by atoms with Gasteiger partial charge in [-0.25, -0.2) is 4.90 Å². The van der Waals surface area contributed by atoms with Crippen LogP contribution in [0.4, 0.5) is 11.4 Å². The number of hydrogen-bond donors (Lipinski definition) is 0. The first kappa shape index (κ1) is 23.2. The zero-order chi connectivity index (χ0) is 25.3. The quantitative estimate of drug-likeness (QED) is 0.347. The number of imide groups is 1. The number of hydrogen-bond acceptors (Lipinski definition) is 5. The van der Waals surface area contributed by atoms with E-state index in [4.69, 9.17) is 16.3 Å². The molecule has 0 spiro atoms. The van der Waals surface area contributed by atoms with Crippen molar-refractivity contribution in [3.05, 3.63) is 52.5 Å². The maximum Gasteiger partial charge on any atom is 0.316 e. The van der Waals surface area contributed by atoms with E-state index in [2.05, 4.69) is 0 Å². The second kappa shape index (κ2) is 8.44. The van der Waals surface area contributed by atoms with E-state index in [1.807, 2.05) is 13.0 Å². The van der Waals surface area contributed by atoms with Crippen LogP contribution in [0.5, 0.6) is 5.75 Å². The molecule has 7 nitrogen and oxygen atoms in total. The summed E-state index contributed by atoms with van der Waals surface area (Å²) in [5.74, 6) is -0.817.